The van der Waals surface area contributed by atoms with Crippen molar-refractivity contribution >= 4 is 22.2 Å². The third-order valence-corrected chi connectivity index (χ3v) is 3.20. The summed E-state index contributed by atoms with van der Waals surface area (Å²) < 4.78 is 0. The van der Waals surface area contributed by atoms with Crippen molar-refractivity contribution in [3.8, 4) is 0 Å². The molecule has 0 spiro atoms. The summed E-state index contributed by atoms with van der Waals surface area (Å²) in [5, 5.41) is 10.5. The van der Waals surface area contributed by atoms with Crippen LogP contribution in [0.25, 0.3) is 0 Å². The van der Waals surface area contributed by atoms with Crippen LogP contribution in [0.3, 0.4) is 0 Å². The first-order valence-electron chi connectivity index (χ1n) is 5.06. The molecular weight excluding hydrogens is 228 g/mol. The van der Waals surface area contributed by atoms with Crippen LogP contribution in [0.1, 0.15) is 29.4 Å². The van der Waals surface area contributed by atoms with Crippen molar-refractivity contribution in [2.45, 2.75) is 19.8 Å². The summed E-state index contributed by atoms with van der Waals surface area (Å²) >= 11 is 0.921. The minimum Gasteiger partial charge on any atom is -0.341 e. The molecule has 0 aromatic carbocycles. The number of hydrogen-bond acceptors (Lipinski definition) is 4. The largest absolute Gasteiger partial charge is 0.341 e. The van der Waals surface area contributed by atoms with Crippen molar-refractivity contribution in [2.24, 2.45) is 0 Å². The van der Waals surface area contributed by atoms with Gasteiger partial charge in [-0.3, -0.25) is 14.9 Å². The highest BCUT2D eigenvalue weighted by atomic mass is 32.1. The summed E-state index contributed by atoms with van der Waals surface area (Å²) in [6.07, 6.45) is 1.96. The zero-order valence-electron chi connectivity index (χ0n) is 9.30. The van der Waals surface area contributed by atoms with Gasteiger partial charge in [-0.05, 0) is 12.5 Å². The topological polar surface area (TPSA) is 63.5 Å². The molecule has 0 aliphatic carbocycles. The Balaban J connectivity index is 2.68. The molecule has 1 aromatic heterocycles. The Hall–Kier alpha value is -1.43. The van der Waals surface area contributed by atoms with Crippen LogP contribution in [0.15, 0.2) is 12.1 Å². The number of carbonyl (C=O) groups is 1. The van der Waals surface area contributed by atoms with Gasteiger partial charge in [0, 0.05) is 19.7 Å². The SMILES string of the molecule is CCCCN(C)C(=O)c1ccc([N+](=O)[O-])s1. The summed E-state index contributed by atoms with van der Waals surface area (Å²) in [5.74, 6) is -0.147. The molecule has 0 radical (unpaired) electrons. The lowest BCUT2D eigenvalue weighted by molar-refractivity contribution is -0.380. The number of thiophene rings is 1. The molecule has 16 heavy (non-hydrogen) atoms. The molecule has 1 aromatic rings. The predicted octanol–water partition coefficient (Wildman–Crippen LogP) is 2.53. The summed E-state index contributed by atoms with van der Waals surface area (Å²) in [6.45, 7) is 2.73. The predicted molar refractivity (Wildman–Crippen MR) is 62.8 cm³/mol. The van der Waals surface area contributed by atoms with E-state index in [0.29, 0.717) is 11.4 Å². The van der Waals surface area contributed by atoms with Crippen LogP contribution >= 0.6 is 11.3 Å². The fourth-order valence-electron chi connectivity index (χ4n) is 1.23. The van der Waals surface area contributed by atoms with Crippen LogP contribution in [-0.2, 0) is 0 Å². The molecule has 0 N–H and O–H groups in total. The van der Waals surface area contributed by atoms with Gasteiger partial charge in [-0.1, -0.05) is 24.7 Å². The highest BCUT2D eigenvalue weighted by molar-refractivity contribution is 7.17. The quantitative estimate of drug-likeness (QED) is 0.588. The number of unbranched alkanes of at least 4 members (excludes halogenated alkanes) is 1. The fraction of sp³-hybridized carbons (Fsp3) is 0.500. The highest BCUT2D eigenvalue weighted by Crippen LogP contribution is 2.24. The van der Waals surface area contributed by atoms with E-state index in [1.165, 1.54) is 12.1 Å². The minimum atomic E-state index is -0.479. The van der Waals surface area contributed by atoms with Crippen LogP contribution in [-0.4, -0.2) is 29.3 Å². The van der Waals surface area contributed by atoms with Gasteiger partial charge in [0.05, 0.1) is 9.80 Å². The summed E-state index contributed by atoms with van der Waals surface area (Å²) in [7, 11) is 1.71. The molecule has 1 rings (SSSR count). The van der Waals surface area contributed by atoms with Crippen LogP contribution < -0.4 is 0 Å². The first-order valence-corrected chi connectivity index (χ1v) is 5.87. The van der Waals surface area contributed by atoms with E-state index in [2.05, 4.69) is 0 Å². The maximum absolute atomic E-state index is 11.8. The molecule has 0 bridgehead atoms. The number of hydrogen-bond donors (Lipinski definition) is 0. The number of carbonyl (C=O) groups excluding carboxylic acids is 1. The molecule has 0 saturated heterocycles. The summed E-state index contributed by atoms with van der Waals surface area (Å²) in [5.41, 5.74) is 0. The molecule has 0 atom stereocenters. The lowest BCUT2D eigenvalue weighted by Gasteiger charge is -2.14. The number of nitrogens with zero attached hydrogens (tertiary/aromatic N) is 2. The maximum Gasteiger partial charge on any atom is 0.324 e. The Labute approximate surface area is 97.8 Å². The van der Waals surface area contributed by atoms with Crippen LogP contribution in [0.4, 0.5) is 5.00 Å². The van der Waals surface area contributed by atoms with E-state index in [-0.39, 0.29) is 10.9 Å². The van der Waals surface area contributed by atoms with E-state index in [4.69, 9.17) is 0 Å². The smallest absolute Gasteiger partial charge is 0.324 e. The van der Waals surface area contributed by atoms with Crippen LogP contribution in [0.2, 0.25) is 0 Å². The fourth-order valence-corrected chi connectivity index (χ4v) is 2.04. The van der Waals surface area contributed by atoms with Gasteiger partial charge < -0.3 is 4.90 Å². The van der Waals surface area contributed by atoms with Gasteiger partial charge in [-0.25, -0.2) is 0 Å². The highest BCUT2D eigenvalue weighted by Gasteiger charge is 2.17. The van der Waals surface area contributed by atoms with Gasteiger partial charge >= 0.3 is 5.00 Å². The Morgan fingerprint density at radius 2 is 2.25 bits per heavy atom. The van der Waals surface area contributed by atoms with E-state index >= 15 is 0 Å². The molecule has 5 nitrogen and oxygen atoms in total. The van der Waals surface area contributed by atoms with Gasteiger partial charge in [-0.2, -0.15) is 0 Å². The van der Waals surface area contributed by atoms with Crippen molar-refractivity contribution in [3.63, 3.8) is 0 Å². The van der Waals surface area contributed by atoms with Gasteiger partial charge in [0.1, 0.15) is 0 Å². The van der Waals surface area contributed by atoms with Crippen molar-refractivity contribution in [1.29, 1.82) is 0 Å². The zero-order valence-corrected chi connectivity index (χ0v) is 10.1. The standard InChI is InChI=1S/C10H14N2O3S/c1-3-4-7-11(2)10(13)8-5-6-9(16-8)12(14)15/h5-6H,3-4,7H2,1-2H3. The molecule has 0 unspecified atom stereocenters. The molecule has 0 aliphatic heterocycles. The van der Waals surface area contributed by atoms with Crippen LogP contribution in [0, 0.1) is 10.1 Å². The normalized spacial score (nSPS) is 10.1. The van der Waals surface area contributed by atoms with Crippen molar-refractivity contribution in [2.75, 3.05) is 13.6 Å². The van der Waals surface area contributed by atoms with E-state index in [1.54, 1.807) is 11.9 Å². The number of amides is 1. The molecule has 88 valence electrons. The Morgan fingerprint density at radius 3 is 2.75 bits per heavy atom. The van der Waals surface area contributed by atoms with Gasteiger partial charge in [0.25, 0.3) is 5.91 Å². The number of rotatable bonds is 5. The monoisotopic (exact) mass is 242 g/mol. The van der Waals surface area contributed by atoms with E-state index in [9.17, 15) is 14.9 Å². The third-order valence-electron chi connectivity index (χ3n) is 2.18. The van der Waals surface area contributed by atoms with Gasteiger partial charge in [0.15, 0.2) is 0 Å². The minimum absolute atomic E-state index is 0.00671. The molecule has 0 aliphatic rings. The second kappa shape index (κ2) is 5.60. The van der Waals surface area contributed by atoms with Gasteiger partial charge in [0.2, 0.25) is 0 Å². The Kier molecular flexibility index (Phi) is 4.42. The van der Waals surface area contributed by atoms with Gasteiger partial charge in [-0.15, -0.1) is 0 Å². The second-order valence-corrected chi connectivity index (χ2v) is 4.54. The van der Waals surface area contributed by atoms with Crippen molar-refractivity contribution in [3.05, 3.63) is 27.1 Å². The van der Waals surface area contributed by atoms with E-state index < -0.39 is 4.92 Å². The lowest BCUT2D eigenvalue weighted by atomic mass is 10.3. The Bertz CT molecular complexity index is 389. The van der Waals surface area contributed by atoms with Crippen LogP contribution in [0.5, 0.6) is 0 Å². The lowest BCUT2D eigenvalue weighted by Crippen LogP contribution is -2.26. The summed E-state index contributed by atoms with van der Waals surface area (Å²) in [4.78, 5) is 23.8. The average molecular weight is 242 g/mol. The number of nitro groups is 1. The molecule has 1 heterocycles. The average Bonchev–Trinajstić information content (AvgIpc) is 2.74. The molecule has 0 saturated carbocycles. The van der Waals surface area contributed by atoms with Crippen molar-refractivity contribution in [1.82, 2.24) is 4.90 Å². The first kappa shape index (κ1) is 12.6. The molecule has 1 amide bonds. The van der Waals surface area contributed by atoms with E-state index in [1.807, 2.05) is 6.92 Å². The maximum atomic E-state index is 11.8. The van der Waals surface area contributed by atoms with E-state index in [0.717, 1.165) is 24.2 Å². The summed E-state index contributed by atoms with van der Waals surface area (Å²) in [6, 6.07) is 2.87. The zero-order chi connectivity index (χ0) is 12.1. The van der Waals surface area contributed by atoms with Crippen molar-refractivity contribution < 1.29 is 9.72 Å². The molecule has 6 heteroatoms. The Morgan fingerprint density at radius 1 is 1.56 bits per heavy atom. The third kappa shape index (κ3) is 3.03. The molecular formula is C10H14N2O3S. The molecule has 0 fully saturated rings. The second-order valence-electron chi connectivity index (χ2n) is 3.48. The first-order chi connectivity index (χ1) is 7.56.